The Balaban J connectivity index is 1.39. The third-order valence-corrected chi connectivity index (χ3v) is 7.96. The van der Waals surface area contributed by atoms with E-state index in [4.69, 9.17) is 27.5 Å². The molecule has 45 heavy (non-hydrogen) atoms. The lowest BCUT2D eigenvalue weighted by atomic mass is 10.0. The van der Waals surface area contributed by atoms with Crippen LogP contribution in [-0.4, -0.2) is 54.1 Å². The van der Waals surface area contributed by atoms with Crippen molar-refractivity contribution in [2.75, 3.05) is 24.7 Å². The van der Waals surface area contributed by atoms with Gasteiger partial charge < -0.3 is 36.1 Å². The van der Waals surface area contributed by atoms with Gasteiger partial charge in [0, 0.05) is 60.9 Å². The number of fused-ring (bicyclic) bond motifs is 1. The van der Waals surface area contributed by atoms with Gasteiger partial charge >= 0.3 is 0 Å². The number of amidine groups is 1. The minimum Gasteiger partial charge on any atom is -0.381 e. The Hall–Kier alpha value is -3.54. The first-order chi connectivity index (χ1) is 21.7. The zero-order valence-electron chi connectivity index (χ0n) is 26.1. The number of aliphatic hydroxyl groups excluding tert-OH is 1. The molecule has 1 aromatic heterocycles. The molecule has 242 valence electrons. The summed E-state index contributed by atoms with van der Waals surface area (Å²) in [6, 6.07) is 13.3. The minimum absolute atomic E-state index is 0.0675. The van der Waals surface area contributed by atoms with Crippen LogP contribution in [0.4, 0.5) is 10.1 Å². The van der Waals surface area contributed by atoms with E-state index >= 15 is 4.39 Å². The van der Waals surface area contributed by atoms with E-state index in [2.05, 4.69) is 27.2 Å². The molecule has 1 unspecified atom stereocenters. The number of aryl methyl sites for hydroxylation is 1. The van der Waals surface area contributed by atoms with E-state index in [1.54, 1.807) is 17.2 Å². The number of rotatable bonds is 17. The van der Waals surface area contributed by atoms with E-state index in [1.165, 1.54) is 0 Å². The Morgan fingerprint density at radius 1 is 1.27 bits per heavy atom. The topological polar surface area (TPSA) is 135 Å². The van der Waals surface area contributed by atoms with Crippen molar-refractivity contribution in [1.29, 1.82) is 5.41 Å². The fraction of sp³-hybridized carbons (Fsp3) is 0.412. The first-order valence-electron chi connectivity index (χ1n) is 15.5. The van der Waals surface area contributed by atoms with Crippen molar-refractivity contribution in [2.45, 2.75) is 70.9 Å². The minimum atomic E-state index is -1.14. The zero-order valence-corrected chi connectivity index (χ0v) is 26.8. The highest BCUT2D eigenvalue weighted by atomic mass is 35.5. The molecule has 2 heterocycles. The first kappa shape index (κ1) is 34.3. The average Bonchev–Trinajstić information content (AvgIpc) is 3.43. The molecule has 0 amide bonds. The molecule has 11 heteroatoms. The monoisotopic (exact) mass is 637 g/mol. The number of nitrogens with one attached hydrogen (secondary N) is 4. The molecule has 0 spiro atoms. The second kappa shape index (κ2) is 16.7. The van der Waals surface area contributed by atoms with Gasteiger partial charge in [-0.05, 0) is 81.0 Å². The summed E-state index contributed by atoms with van der Waals surface area (Å²) in [6.07, 6.45) is 6.41. The number of H-pyrrole nitrogens is 1. The summed E-state index contributed by atoms with van der Waals surface area (Å²) in [5.74, 6) is -0.0254. The van der Waals surface area contributed by atoms with Crippen LogP contribution in [0.1, 0.15) is 50.7 Å². The Labute approximate surface area is 269 Å². The maximum Gasteiger partial charge on any atom is 0.231 e. The molecule has 1 aliphatic heterocycles. The summed E-state index contributed by atoms with van der Waals surface area (Å²) in [5.41, 5.74) is 10.0. The Morgan fingerprint density at radius 3 is 2.76 bits per heavy atom. The molecule has 3 atom stereocenters. The van der Waals surface area contributed by atoms with Gasteiger partial charge in [-0.2, -0.15) is 0 Å². The van der Waals surface area contributed by atoms with Crippen LogP contribution in [0.5, 0.6) is 0 Å². The highest BCUT2D eigenvalue weighted by Gasteiger charge is 2.20. The summed E-state index contributed by atoms with van der Waals surface area (Å²) in [4.78, 5) is 9.25. The molecule has 3 aromatic rings. The number of nitrogens with two attached hydrogens (primary N) is 1. The number of benzene rings is 2. The van der Waals surface area contributed by atoms with E-state index in [-0.39, 0.29) is 17.1 Å². The third kappa shape index (κ3) is 9.72. The van der Waals surface area contributed by atoms with Crippen molar-refractivity contribution in [3.05, 3.63) is 87.8 Å². The van der Waals surface area contributed by atoms with Crippen molar-refractivity contribution in [3.63, 3.8) is 0 Å². The van der Waals surface area contributed by atoms with Gasteiger partial charge in [0.2, 0.25) is 6.35 Å². The van der Waals surface area contributed by atoms with Gasteiger partial charge in [0.15, 0.2) is 5.82 Å². The second-order valence-electron chi connectivity index (χ2n) is 11.3. The summed E-state index contributed by atoms with van der Waals surface area (Å²) in [5, 5.41) is 26.2. The quantitative estimate of drug-likeness (QED) is 0.0565. The van der Waals surface area contributed by atoms with Gasteiger partial charge in [-0.25, -0.2) is 9.38 Å². The van der Waals surface area contributed by atoms with Gasteiger partial charge in [-0.1, -0.05) is 29.8 Å². The zero-order chi connectivity index (χ0) is 32.3. The van der Waals surface area contributed by atoms with Gasteiger partial charge in [0.1, 0.15) is 5.49 Å². The van der Waals surface area contributed by atoms with Crippen LogP contribution in [-0.2, 0) is 17.7 Å². The van der Waals surface area contributed by atoms with Gasteiger partial charge in [0.05, 0.1) is 23.2 Å². The number of halogens is 2. The summed E-state index contributed by atoms with van der Waals surface area (Å²) < 4.78 is 20.4. The maximum atomic E-state index is 15.1. The number of ether oxygens (including phenoxy) is 1. The van der Waals surface area contributed by atoms with Crippen molar-refractivity contribution in [2.24, 2.45) is 10.7 Å². The number of hydrogen-bond acceptors (Lipinski definition) is 7. The van der Waals surface area contributed by atoms with E-state index in [0.29, 0.717) is 55.3 Å². The van der Waals surface area contributed by atoms with E-state index in [1.807, 2.05) is 56.3 Å². The predicted octanol–water partition coefficient (Wildman–Crippen LogP) is 4.33. The molecule has 4 rings (SSSR count). The Bertz CT molecular complexity index is 1560. The van der Waals surface area contributed by atoms with Crippen LogP contribution < -0.4 is 32.0 Å². The van der Waals surface area contributed by atoms with Crippen molar-refractivity contribution in [3.8, 4) is 11.3 Å². The van der Waals surface area contributed by atoms with Crippen molar-refractivity contribution < 1.29 is 14.2 Å². The number of aromatic nitrogens is 1. The maximum absolute atomic E-state index is 15.1. The fourth-order valence-corrected chi connectivity index (χ4v) is 5.39. The molecule has 0 saturated carbocycles. The van der Waals surface area contributed by atoms with Crippen LogP contribution in [0.15, 0.2) is 60.1 Å². The van der Waals surface area contributed by atoms with Crippen molar-refractivity contribution in [1.82, 2.24) is 15.6 Å². The molecule has 0 saturated heterocycles. The number of hydrogen-bond donors (Lipinski definition) is 6. The Kier molecular flexibility index (Phi) is 12.7. The van der Waals surface area contributed by atoms with Crippen LogP contribution >= 0.6 is 11.6 Å². The lowest BCUT2D eigenvalue weighted by Gasteiger charge is -2.25. The molecule has 9 nitrogen and oxygen atoms in total. The number of aromatic amines is 1. The largest absolute Gasteiger partial charge is 0.381 e. The molecule has 7 N–H and O–H groups in total. The standard InChI is InChI=1S/C34H45ClFN7O2/c1-4-26(13-15-39-31(38)14-16-45-5-2)40-20-23-9-11-27(12-10-23)43-21-25-19-30(41-33(25)42-34(43)44)28-17-24(8-6-7-22(3)37)18-29(35)32(28)36/h4,9-12,17-19,21-22,26,34,40,44H,1,5-8,13-16,20,37H2,2-3H3,(H2,38,39)(H,41,42)/t22-,26-,34?/m0/s1. The van der Waals surface area contributed by atoms with E-state index in [9.17, 15) is 5.11 Å². The molecular weight excluding hydrogens is 593 g/mol. The molecule has 0 bridgehead atoms. The highest BCUT2D eigenvalue weighted by Crippen LogP contribution is 2.29. The van der Waals surface area contributed by atoms with Crippen LogP contribution in [0.25, 0.3) is 17.5 Å². The molecule has 0 fully saturated rings. The van der Waals surface area contributed by atoms with Gasteiger partial charge in [-0.15, -0.1) is 6.58 Å². The molecule has 0 radical (unpaired) electrons. The average molecular weight is 638 g/mol. The molecule has 0 aliphatic carbocycles. The number of anilines is 1. The lowest BCUT2D eigenvalue weighted by molar-refractivity contribution is 0.154. The SMILES string of the molecule is C=C[C@@H](CCNC(=N)CCOCC)NCc1ccc(N2C=c3cc(-c4cc(CCC[C@H](C)N)cc(Cl)c4F)[nH]c3=NC2O)cc1. The van der Waals surface area contributed by atoms with E-state index in [0.717, 1.165) is 47.7 Å². The summed E-state index contributed by atoms with van der Waals surface area (Å²) >= 11 is 6.26. The van der Waals surface area contributed by atoms with Gasteiger partial charge in [-0.3, -0.25) is 5.41 Å². The summed E-state index contributed by atoms with van der Waals surface area (Å²) in [7, 11) is 0. The number of aliphatic hydroxyl groups is 1. The normalized spacial score (nSPS) is 15.5. The van der Waals surface area contributed by atoms with E-state index < -0.39 is 12.2 Å². The number of nitrogens with zero attached hydrogens (tertiary/aromatic N) is 2. The highest BCUT2D eigenvalue weighted by molar-refractivity contribution is 6.31. The second-order valence-corrected chi connectivity index (χ2v) is 11.7. The fourth-order valence-electron chi connectivity index (χ4n) is 5.15. The van der Waals surface area contributed by atoms with Crippen molar-refractivity contribution >= 4 is 29.3 Å². The van der Waals surface area contributed by atoms with Gasteiger partial charge in [0.25, 0.3) is 0 Å². The van der Waals surface area contributed by atoms with Crippen LogP contribution in [0.3, 0.4) is 0 Å². The predicted molar refractivity (Wildman–Crippen MR) is 180 cm³/mol. The van der Waals surface area contributed by atoms with Crippen LogP contribution in [0, 0.1) is 11.2 Å². The lowest BCUT2D eigenvalue weighted by Crippen LogP contribution is -2.41. The Morgan fingerprint density at radius 2 is 2.04 bits per heavy atom. The first-order valence-corrected chi connectivity index (χ1v) is 15.9. The molecular formula is C34H45ClFN7O2. The third-order valence-electron chi connectivity index (χ3n) is 7.68. The van der Waals surface area contributed by atoms with Crippen LogP contribution in [0.2, 0.25) is 5.02 Å². The molecule has 2 aromatic carbocycles. The molecule has 1 aliphatic rings. The summed E-state index contributed by atoms with van der Waals surface area (Å²) in [6.45, 7) is 10.4. The smallest absolute Gasteiger partial charge is 0.231 e.